The van der Waals surface area contributed by atoms with Gasteiger partial charge < -0.3 is 10.2 Å². The largest absolute Gasteiger partial charge is 0.342 e. The van der Waals surface area contributed by atoms with Crippen LogP contribution >= 0.6 is 0 Å². The van der Waals surface area contributed by atoms with Crippen molar-refractivity contribution in [1.82, 2.24) is 4.90 Å². The Morgan fingerprint density at radius 2 is 1.33 bits per heavy atom. The molecule has 0 aromatic heterocycles. The molecule has 3 rings (SSSR count). The number of likely N-dealkylation sites (tertiary alicyclic amines) is 1. The first-order valence-electron chi connectivity index (χ1n) is 8.79. The Morgan fingerprint density at radius 3 is 1.88 bits per heavy atom. The first-order valence-corrected chi connectivity index (χ1v) is 8.79. The molecule has 0 atom stereocenters. The lowest BCUT2D eigenvalue weighted by Crippen LogP contribution is -2.34. The van der Waals surface area contributed by atoms with Gasteiger partial charge in [-0.25, -0.2) is 4.99 Å². The molecule has 1 heterocycles. The molecule has 1 aliphatic rings. The van der Waals surface area contributed by atoms with Crippen LogP contribution in [0.1, 0.15) is 35.1 Å². The van der Waals surface area contributed by atoms with Crippen molar-refractivity contribution < 1.29 is 0 Å². The van der Waals surface area contributed by atoms with Gasteiger partial charge in [0.25, 0.3) is 0 Å². The van der Waals surface area contributed by atoms with E-state index in [-0.39, 0.29) is 0 Å². The molecule has 2 aromatic rings. The zero-order chi connectivity index (χ0) is 17.1. The highest BCUT2D eigenvalue weighted by Gasteiger charge is 2.18. The van der Waals surface area contributed by atoms with Gasteiger partial charge in [-0.3, -0.25) is 0 Å². The molecule has 1 fully saturated rings. The molecule has 0 aliphatic carbocycles. The lowest BCUT2D eigenvalue weighted by Gasteiger charge is -2.23. The zero-order valence-corrected chi connectivity index (χ0v) is 15.2. The summed E-state index contributed by atoms with van der Waals surface area (Å²) in [6.45, 7) is 10.7. The van der Waals surface area contributed by atoms with E-state index >= 15 is 0 Å². The molecular weight excluding hydrogens is 294 g/mol. The molecule has 126 valence electrons. The number of hydrogen-bond donors (Lipinski definition) is 1. The molecule has 24 heavy (non-hydrogen) atoms. The highest BCUT2D eigenvalue weighted by molar-refractivity contribution is 5.97. The standard InChI is InChI=1S/C21H27N3/c1-15-9-7-10-16(2)19(15)22-21(24-13-5-6-14-24)23-20-17(3)11-8-12-18(20)4/h7-12H,5-6,13-14H2,1-4H3,(H,22,23). The molecule has 3 nitrogen and oxygen atoms in total. The Labute approximate surface area is 145 Å². The molecule has 0 bridgehead atoms. The van der Waals surface area contributed by atoms with Crippen LogP contribution in [0.2, 0.25) is 0 Å². The minimum atomic E-state index is 0.974. The first-order chi connectivity index (χ1) is 11.6. The second kappa shape index (κ2) is 7.08. The summed E-state index contributed by atoms with van der Waals surface area (Å²) in [4.78, 5) is 7.42. The summed E-state index contributed by atoms with van der Waals surface area (Å²) in [6.07, 6.45) is 2.47. The van der Waals surface area contributed by atoms with Crippen LogP contribution in [0.4, 0.5) is 11.4 Å². The predicted molar refractivity (Wildman–Crippen MR) is 103 cm³/mol. The average molecular weight is 321 g/mol. The quantitative estimate of drug-likeness (QED) is 0.614. The SMILES string of the molecule is Cc1cccc(C)c1N=C(Nc1c(C)cccc1C)N1CCCC1. The van der Waals surface area contributed by atoms with Crippen LogP contribution in [0.3, 0.4) is 0 Å². The van der Waals surface area contributed by atoms with Crippen molar-refractivity contribution in [3.63, 3.8) is 0 Å². The number of rotatable bonds is 2. The summed E-state index contributed by atoms with van der Waals surface area (Å²) in [6, 6.07) is 12.8. The third-order valence-electron chi connectivity index (χ3n) is 4.78. The maximum Gasteiger partial charge on any atom is 0.203 e. The van der Waals surface area contributed by atoms with E-state index in [4.69, 9.17) is 4.99 Å². The molecular formula is C21H27N3. The van der Waals surface area contributed by atoms with Gasteiger partial charge in [0.1, 0.15) is 0 Å². The summed E-state index contributed by atoms with van der Waals surface area (Å²) < 4.78 is 0. The highest BCUT2D eigenvalue weighted by Crippen LogP contribution is 2.26. The third kappa shape index (κ3) is 3.45. The number of hydrogen-bond acceptors (Lipinski definition) is 1. The van der Waals surface area contributed by atoms with Crippen LogP contribution in [0.15, 0.2) is 41.4 Å². The number of nitrogens with one attached hydrogen (secondary N) is 1. The fraction of sp³-hybridized carbons (Fsp3) is 0.381. The fourth-order valence-electron chi connectivity index (χ4n) is 3.32. The van der Waals surface area contributed by atoms with E-state index in [1.54, 1.807) is 0 Å². The van der Waals surface area contributed by atoms with Gasteiger partial charge in [-0.2, -0.15) is 0 Å². The fourth-order valence-corrected chi connectivity index (χ4v) is 3.32. The predicted octanol–water partition coefficient (Wildman–Crippen LogP) is 5.12. The van der Waals surface area contributed by atoms with Crippen LogP contribution in [0.25, 0.3) is 0 Å². The maximum absolute atomic E-state index is 5.05. The summed E-state index contributed by atoms with van der Waals surface area (Å²) >= 11 is 0. The summed E-state index contributed by atoms with van der Waals surface area (Å²) in [5.41, 5.74) is 7.20. The Bertz CT molecular complexity index is 715. The van der Waals surface area contributed by atoms with Crippen molar-refractivity contribution in [1.29, 1.82) is 0 Å². The van der Waals surface area contributed by atoms with E-state index in [2.05, 4.69) is 74.3 Å². The van der Waals surface area contributed by atoms with Crippen molar-refractivity contribution in [3.8, 4) is 0 Å². The topological polar surface area (TPSA) is 27.6 Å². The van der Waals surface area contributed by atoms with Gasteiger partial charge in [0, 0.05) is 18.8 Å². The number of benzene rings is 2. The first kappa shape index (κ1) is 16.6. The molecule has 1 N–H and O–H groups in total. The van der Waals surface area contributed by atoms with Crippen molar-refractivity contribution in [2.24, 2.45) is 4.99 Å². The van der Waals surface area contributed by atoms with E-state index < -0.39 is 0 Å². The van der Waals surface area contributed by atoms with Gasteiger partial charge in [-0.15, -0.1) is 0 Å². The second-order valence-electron chi connectivity index (χ2n) is 6.76. The lowest BCUT2D eigenvalue weighted by molar-refractivity contribution is 0.518. The zero-order valence-electron chi connectivity index (χ0n) is 15.2. The Hall–Kier alpha value is -2.29. The number of para-hydroxylation sites is 2. The van der Waals surface area contributed by atoms with Gasteiger partial charge in [0.05, 0.1) is 5.69 Å². The monoisotopic (exact) mass is 321 g/mol. The van der Waals surface area contributed by atoms with Crippen LogP contribution in [-0.4, -0.2) is 23.9 Å². The minimum absolute atomic E-state index is 0.974. The van der Waals surface area contributed by atoms with Crippen molar-refractivity contribution in [3.05, 3.63) is 58.7 Å². The molecule has 1 aliphatic heterocycles. The highest BCUT2D eigenvalue weighted by atomic mass is 15.3. The number of nitrogens with zero attached hydrogens (tertiary/aromatic N) is 2. The van der Waals surface area contributed by atoms with E-state index in [0.717, 1.165) is 24.7 Å². The molecule has 2 aromatic carbocycles. The number of aryl methyl sites for hydroxylation is 4. The third-order valence-corrected chi connectivity index (χ3v) is 4.78. The molecule has 3 heteroatoms. The minimum Gasteiger partial charge on any atom is -0.342 e. The van der Waals surface area contributed by atoms with Gasteiger partial charge >= 0.3 is 0 Å². The summed E-state index contributed by atoms with van der Waals surface area (Å²) in [5.74, 6) is 0.974. The number of guanidine groups is 1. The average Bonchev–Trinajstić information content (AvgIpc) is 3.07. The Morgan fingerprint density at radius 1 is 0.833 bits per heavy atom. The number of aliphatic imine (C=N–C) groups is 1. The van der Waals surface area contributed by atoms with E-state index in [1.165, 1.54) is 40.8 Å². The van der Waals surface area contributed by atoms with Crippen LogP contribution in [0, 0.1) is 27.7 Å². The molecule has 0 spiro atoms. The van der Waals surface area contributed by atoms with Crippen LogP contribution in [-0.2, 0) is 0 Å². The molecule has 1 saturated heterocycles. The summed E-state index contributed by atoms with van der Waals surface area (Å²) in [7, 11) is 0. The van der Waals surface area contributed by atoms with E-state index in [1.807, 2.05) is 0 Å². The molecule has 0 radical (unpaired) electrons. The molecule has 0 saturated carbocycles. The van der Waals surface area contributed by atoms with E-state index in [0.29, 0.717) is 0 Å². The van der Waals surface area contributed by atoms with Crippen molar-refractivity contribution >= 4 is 17.3 Å². The van der Waals surface area contributed by atoms with Gasteiger partial charge in [0.15, 0.2) is 0 Å². The molecule has 0 amide bonds. The number of anilines is 1. The Balaban J connectivity index is 2.02. The van der Waals surface area contributed by atoms with Gasteiger partial charge in [-0.1, -0.05) is 36.4 Å². The summed E-state index contributed by atoms with van der Waals surface area (Å²) in [5, 5.41) is 3.64. The Kier molecular flexibility index (Phi) is 4.89. The van der Waals surface area contributed by atoms with Crippen molar-refractivity contribution in [2.45, 2.75) is 40.5 Å². The second-order valence-corrected chi connectivity index (χ2v) is 6.76. The molecule has 0 unspecified atom stereocenters. The normalized spacial score (nSPS) is 15.0. The van der Waals surface area contributed by atoms with Crippen molar-refractivity contribution in [2.75, 3.05) is 18.4 Å². The van der Waals surface area contributed by atoms with Crippen LogP contribution < -0.4 is 5.32 Å². The van der Waals surface area contributed by atoms with Crippen LogP contribution in [0.5, 0.6) is 0 Å². The van der Waals surface area contributed by atoms with Gasteiger partial charge in [-0.05, 0) is 62.8 Å². The smallest absolute Gasteiger partial charge is 0.203 e. The van der Waals surface area contributed by atoms with E-state index in [9.17, 15) is 0 Å². The maximum atomic E-state index is 5.05. The van der Waals surface area contributed by atoms with Gasteiger partial charge in [0.2, 0.25) is 5.96 Å². The lowest BCUT2D eigenvalue weighted by atomic mass is 10.1.